The maximum Gasteiger partial charge on any atom is 0.315 e. The average Bonchev–Trinajstić information content (AvgIpc) is 2.29. The lowest BCUT2D eigenvalue weighted by Gasteiger charge is -2.17. The summed E-state index contributed by atoms with van der Waals surface area (Å²) in [6.45, 7) is 3.60. The molecule has 0 spiro atoms. The van der Waals surface area contributed by atoms with Crippen molar-refractivity contribution in [1.29, 1.82) is 0 Å². The van der Waals surface area contributed by atoms with Gasteiger partial charge in [0.25, 0.3) is 0 Å². The zero-order chi connectivity index (χ0) is 13.7. The molecule has 1 aromatic carbocycles. The molecule has 2 amide bonds. The van der Waals surface area contributed by atoms with Crippen LogP contribution in [0, 0.1) is 0 Å². The van der Waals surface area contributed by atoms with Crippen LogP contribution in [0.2, 0.25) is 10.0 Å². The molecule has 0 unspecified atom stereocenters. The van der Waals surface area contributed by atoms with Crippen molar-refractivity contribution in [3.63, 3.8) is 0 Å². The molecule has 4 nitrogen and oxygen atoms in total. The molecule has 100 valence electrons. The molecule has 0 radical (unpaired) electrons. The maximum atomic E-state index is 11.5. The Morgan fingerprint density at radius 1 is 1.39 bits per heavy atom. The van der Waals surface area contributed by atoms with Crippen LogP contribution in [0.4, 0.5) is 4.79 Å². The Bertz CT molecular complexity index is 425. The molecule has 0 fully saturated rings. The minimum absolute atomic E-state index is 0.196. The fourth-order valence-electron chi connectivity index (χ4n) is 1.41. The number of carbonyl (C=O) groups is 1. The quantitative estimate of drug-likeness (QED) is 0.798. The summed E-state index contributed by atoms with van der Waals surface area (Å²) in [4.78, 5) is 11.5. The third kappa shape index (κ3) is 4.72. The zero-order valence-corrected chi connectivity index (χ0v) is 11.7. The minimum atomic E-state index is -0.583. The lowest BCUT2D eigenvalue weighted by atomic mass is 10.1. The lowest BCUT2D eigenvalue weighted by molar-refractivity contribution is 0.187. The van der Waals surface area contributed by atoms with Crippen molar-refractivity contribution in [1.82, 2.24) is 10.6 Å². The first-order valence-corrected chi connectivity index (χ1v) is 6.33. The van der Waals surface area contributed by atoms with Crippen LogP contribution in [0.25, 0.3) is 0 Å². The number of nitrogens with one attached hydrogen (secondary N) is 2. The zero-order valence-electron chi connectivity index (χ0n) is 10.2. The molecule has 0 aliphatic carbocycles. The molecule has 18 heavy (non-hydrogen) atoms. The van der Waals surface area contributed by atoms with Crippen molar-refractivity contribution in [2.45, 2.75) is 26.0 Å². The second-order valence-electron chi connectivity index (χ2n) is 4.09. The predicted octanol–water partition coefficient (Wildman–Crippen LogP) is 2.73. The highest BCUT2D eigenvalue weighted by Gasteiger charge is 2.13. The third-order valence-electron chi connectivity index (χ3n) is 2.33. The van der Waals surface area contributed by atoms with E-state index in [0.29, 0.717) is 10.0 Å². The summed E-state index contributed by atoms with van der Waals surface area (Å²) in [6.07, 6.45) is -0.583. The van der Waals surface area contributed by atoms with Crippen LogP contribution in [0.3, 0.4) is 0 Å². The fourth-order valence-corrected chi connectivity index (χ4v) is 1.87. The molecule has 0 aliphatic heterocycles. The van der Waals surface area contributed by atoms with Crippen LogP contribution < -0.4 is 10.6 Å². The van der Waals surface area contributed by atoms with E-state index in [0.717, 1.165) is 5.56 Å². The lowest BCUT2D eigenvalue weighted by Crippen LogP contribution is -2.40. The Morgan fingerprint density at radius 2 is 2.06 bits per heavy atom. The number of aliphatic hydroxyl groups excluding tert-OH is 1. The van der Waals surface area contributed by atoms with Crippen LogP contribution in [0.5, 0.6) is 0 Å². The van der Waals surface area contributed by atoms with Crippen LogP contribution >= 0.6 is 23.2 Å². The highest BCUT2D eigenvalue weighted by Crippen LogP contribution is 2.25. The molecule has 0 saturated heterocycles. The number of carbonyl (C=O) groups excluding carboxylic acids is 1. The van der Waals surface area contributed by atoms with E-state index >= 15 is 0 Å². The fraction of sp³-hybridized carbons (Fsp3) is 0.417. The normalized spacial score (nSPS) is 13.8. The number of hydrogen-bond acceptors (Lipinski definition) is 2. The van der Waals surface area contributed by atoms with E-state index in [1.165, 1.54) is 0 Å². The van der Waals surface area contributed by atoms with Gasteiger partial charge in [-0.25, -0.2) is 4.79 Å². The van der Waals surface area contributed by atoms with Crippen LogP contribution in [-0.2, 0) is 0 Å². The second-order valence-corrected chi connectivity index (χ2v) is 4.93. The first-order valence-electron chi connectivity index (χ1n) is 5.57. The van der Waals surface area contributed by atoms with Gasteiger partial charge in [-0.1, -0.05) is 23.2 Å². The average molecular weight is 291 g/mol. The Kier molecular flexibility index (Phi) is 5.72. The van der Waals surface area contributed by atoms with Gasteiger partial charge in [0.1, 0.15) is 0 Å². The molecular weight excluding hydrogens is 275 g/mol. The molecule has 0 saturated carbocycles. The highest BCUT2D eigenvalue weighted by molar-refractivity contribution is 6.33. The second kappa shape index (κ2) is 6.83. The summed E-state index contributed by atoms with van der Waals surface area (Å²) < 4.78 is 0. The summed E-state index contributed by atoms with van der Waals surface area (Å²) in [7, 11) is 0. The molecule has 2 atom stereocenters. The third-order valence-corrected chi connectivity index (χ3v) is 2.91. The van der Waals surface area contributed by atoms with Crippen molar-refractivity contribution in [3.8, 4) is 0 Å². The molecular formula is C12H16Cl2N2O2. The first kappa shape index (κ1) is 15.1. The SMILES string of the molecule is C[C@H](NC(=O)NC[C@@H](C)O)c1cc(Cl)ccc1Cl. The molecule has 0 bridgehead atoms. The standard InChI is InChI=1S/C12H16Cl2N2O2/c1-7(17)6-15-12(18)16-8(2)10-5-9(13)3-4-11(10)14/h3-5,7-8,17H,6H2,1-2H3,(H2,15,16,18)/t7-,8+/m1/s1. The number of hydrogen-bond donors (Lipinski definition) is 3. The molecule has 0 aliphatic rings. The topological polar surface area (TPSA) is 61.4 Å². The monoisotopic (exact) mass is 290 g/mol. The number of halogens is 2. The molecule has 6 heteroatoms. The number of rotatable bonds is 4. The van der Waals surface area contributed by atoms with Gasteiger partial charge in [0.15, 0.2) is 0 Å². The molecule has 0 aromatic heterocycles. The number of aliphatic hydroxyl groups is 1. The summed E-state index contributed by atoms with van der Waals surface area (Å²) in [5, 5.41) is 15.4. The molecule has 1 rings (SSSR count). The Morgan fingerprint density at radius 3 is 2.67 bits per heavy atom. The van der Waals surface area contributed by atoms with Crippen LogP contribution in [0.15, 0.2) is 18.2 Å². The summed E-state index contributed by atoms with van der Waals surface area (Å²) in [5.41, 5.74) is 0.747. The van der Waals surface area contributed by atoms with Gasteiger partial charge in [-0.05, 0) is 37.6 Å². The van der Waals surface area contributed by atoms with Gasteiger partial charge >= 0.3 is 6.03 Å². The van der Waals surface area contributed by atoms with Crippen molar-refractivity contribution >= 4 is 29.2 Å². The highest BCUT2D eigenvalue weighted by atomic mass is 35.5. The van der Waals surface area contributed by atoms with Crippen molar-refractivity contribution in [3.05, 3.63) is 33.8 Å². The first-order chi connectivity index (χ1) is 8.40. The number of benzene rings is 1. The van der Waals surface area contributed by atoms with Crippen LogP contribution in [0.1, 0.15) is 25.5 Å². The van der Waals surface area contributed by atoms with E-state index in [4.69, 9.17) is 28.3 Å². The predicted molar refractivity (Wildman–Crippen MR) is 73.1 cm³/mol. The van der Waals surface area contributed by atoms with Crippen molar-refractivity contribution in [2.75, 3.05) is 6.54 Å². The maximum absolute atomic E-state index is 11.5. The molecule has 3 N–H and O–H groups in total. The summed E-state index contributed by atoms with van der Waals surface area (Å²) in [6, 6.07) is 4.45. The summed E-state index contributed by atoms with van der Waals surface area (Å²) >= 11 is 11.9. The van der Waals surface area contributed by atoms with Crippen molar-refractivity contribution in [2.24, 2.45) is 0 Å². The Labute approximate surface area is 116 Å². The number of urea groups is 1. The van der Waals surface area contributed by atoms with E-state index in [2.05, 4.69) is 10.6 Å². The van der Waals surface area contributed by atoms with Gasteiger partial charge < -0.3 is 15.7 Å². The van der Waals surface area contributed by atoms with E-state index in [1.54, 1.807) is 32.0 Å². The molecule has 1 aromatic rings. The largest absolute Gasteiger partial charge is 0.392 e. The Hall–Kier alpha value is -0.970. The van der Waals surface area contributed by atoms with Gasteiger partial charge in [0.2, 0.25) is 0 Å². The van der Waals surface area contributed by atoms with Gasteiger partial charge in [-0.15, -0.1) is 0 Å². The van der Waals surface area contributed by atoms with E-state index < -0.39 is 6.10 Å². The van der Waals surface area contributed by atoms with Crippen molar-refractivity contribution < 1.29 is 9.90 Å². The van der Waals surface area contributed by atoms with Gasteiger partial charge in [0.05, 0.1) is 12.1 Å². The van der Waals surface area contributed by atoms with E-state index in [9.17, 15) is 4.79 Å². The van der Waals surface area contributed by atoms with Gasteiger partial charge in [0, 0.05) is 16.6 Å². The van der Waals surface area contributed by atoms with Gasteiger partial charge in [-0.3, -0.25) is 0 Å². The van der Waals surface area contributed by atoms with Gasteiger partial charge in [-0.2, -0.15) is 0 Å². The van der Waals surface area contributed by atoms with E-state index in [1.807, 2.05) is 0 Å². The minimum Gasteiger partial charge on any atom is -0.392 e. The number of amides is 2. The Balaban J connectivity index is 2.62. The molecule has 0 heterocycles. The van der Waals surface area contributed by atoms with E-state index in [-0.39, 0.29) is 18.6 Å². The smallest absolute Gasteiger partial charge is 0.315 e. The van der Waals surface area contributed by atoms with Crippen LogP contribution in [-0.4, -0.2) is 23.8 Å². The summed E-state index contributed by atoms with van der Waals surface area (Å²) in [5.74, 6) is 0.